The molecule has 0 N–H and O–H groups in total. The van der Waals surface area contributed by atoms with Gasteiger partial charge in [0.1, 0.15) is 6.04 Å². The second-order valence-corrected chi connectivity index (χ2v) is 7.69. The number of nitriles is 2. The van der Waals surface area contributed by atoms with Crippen LogP contribution >= 0.6 is 0 Å². The number of benzene rings is 2. The van der Waals surface area contributed by atoms with Crippen LogP contribution in [0, 0.1) is 28.1 Å². The first kappa shape index (κ1) is 18.7. The van der Waals surface area contributed by atoms with Gasteiger partial charge >= 0.3 is 0 Å². The van der Waals surface area contributed by atoms with Crippen molar-refractivity contribution in [2.24, 2.45) is 5.41 Å². The van der Waals surface area contributed by atoms with Gasteiger partial charge in [-0.05, 0) is 23.3 Å². The highest BCUT2D eigenvalue weighted by atomic mass is 16.1. The predicted molar refractivity (Wildman–Crippen MR) is 115 cm³/mol. The zero-order chi connectivity index (χ0) is 21.4. The third kappa shape index (κ3) is 2.66. The van der Waals surface area contributed by atoms with Crippen LogP contribution in [0.3, 0.4) is 0 Å². The monoisotopic (exact) mass is 403 g/mol. The van der Waals surface area contributed by atoms with Crippen LogP contribution in [0.4, 0.5) is 5.69 Å². The van der Waals surface area contributed by atoms with Crippen LogP contribution in [0.25, 0.3) is 6.08 Å². The second-order valence-electron chi connectivity index (χ2n) is 7.69. The summed E-state index contributed by atoms with van der Waals surface area (Å²) in [5, 5.41) is 28.5. The fourth-order valence-corrected chi connectivity index (χ4v) is 4.87. The Morgan fingerprint density at radius 1 is 0.968 bits per heavy atom. The lowest BCUT2D eigenvalue weighted by molar-refractivity contribution is 0.0951. The highest BCUT2D eigenvalue weighted by Gasteiger charge is 2.63. The number of carbonyl (C=O) groups excluding carboxylic acids is 1. The quantitative estimate of drug-likeness (QED) is 0.618. The van der Waals surface area contributed by atoms with Crippen molar-refractivity contribution in [2.45, 2.75) is 18.0 Å². The molecule has 0 amide bonds. The molecule has 0 saturated carbocycles. The number of rotatable bonds is 3. The molecule has 2 aliphatic heterocycles. The maximum absolute atomic E-state index is 13.9. The van der Waals surface area contributed by atoms with Gasteiger partial charge in [-0.3, -0.25) is 4.79 Å². The van der Waals surface area contributed by atoms with Gasteiger partial charge in [0.25, 0.3) is 0 Å². The van der Waals surface area contributed by atoms with E-state index in [0.29, 0.717) is 11.1 Å². The van der Waals surface area contributed by atoms with Crippen LogP contribution in [0.15, 0.2) is 79.1 Å². The van der Waals surface area contributed by atoms with Gasteiger partial charge in [-0.1, -0.05) is 60.7 Å². The average Bonchev–Trinajstić information content (AvgIpc) is 3.15. The van der Waals surface area contributed by atoms with Gasteiger partial charge in [-0.15, -0.1) is 0 Å². The third-order valence-electron chi connectivity index (χ3n) is 6.21. The van der Waals surface area contributed by atoms with Crippen molar-refractivity contribution < 1.29 is 4.79 Å². The molecule has 3 atom stereocenters. The van der Waals surface area contributed by atoms with Gasteiger partial charge in [-0.25, -0.2) is 0 Å². The molecule has 0 aliphatic carbocycles. The molecule has 2 aliphatic rings. The van der Waals surface area contributed by atoms with Crippen molar-refractivity contribution in [1.29, 1.82) is 10.5 Å². The van der Waals surface area contributed by atoms with Gasteiger partial charge in [-0.2, -0.15) is 20.7 Å². The molecule has 5 rings (SSSR count). The molecule has 31 heavy (non-hydrogen) atoms. The lowest BCUT2D eigenvalue weighted by atomic mass is 9.69. The van der Waals surface area contributed by atoms with Crippen LogP contribution in [-0.2, 0) is 0 Å². The average molecular weight is 403 g/mol. The Morgan fingerprint density at radius 3 is 2.42 bits per heavy atom. The molecule has 0 bridgehead atoms. The summed E-state index contributed by atoms with van der Waals surface area (Å²) in [6.07, 6.45) is 6.87. The molecule has 1 saturated heterocycles. The number of Topliss-reactive ketones (excluding diaryl/α,β-unsaturated/α-hetero) is 1. The number of aromatic nitrogens is 2. The highest BCUT2D eigenvalue weighted by molar-refractivity contribution is 6.04. The van der Waals surface area contributed by atoms with E-state index in [1.165, 1.54) is 6.20 Å². The third-order valence-corrected chi connectivity index (χ3v) is 6.21. The largest absolute Gasteiger partial charge is 0.351 e. The summed E-state index contributed by atoms with van der Waals surface area (Å²) in [5.41, 5.74) is 1.50. The van der Waals surface area contributed by atoms with Gasteiger partial charge < -0.3 is 4.90 Å². The van der Waals surface area contributed by atoms with E-state index in [9.17, 15) is 15.3 Å². The summed E-state index contributed by atoms with van der Waals surface area (Å²) in [4.78, 5) is 15.8. The molecule has 1 fully saturated rings. The number of hydrogen-bond acceptors (Lipinski definition) is 6. The number of anilines is 1. The fraction of sp³-hybridized carbons (Fsp3) is 0.160. The SMILES string of the molecule is N#CC1(C#N)[C@H](c2ccnnc2)[C@@H](C(=O)c2ccccc2)N2c3ccccc3C=C[C@H]21. The Kier molecular flexibility index (Phi) is 4.34. The summed E-state index contributed by atoms with van der Waals surface area (Å²) in [5.74, 6) is -0.837. The van der Waals surface area contributed by atoms with Crippen LogP contribution in [0.5, 0.6) is 0 Å². The number of ketones is 1. The highest BCUT2D eigenvalue weighted by Crippen LogP contribution is 2.55. The van der Waals surface area contributed by atoms with Crippen molar-refractivity contribution in [3.05, 3.63) is 95.8 Å². The molecule has 1 aromatic heterocycles. The molecule has 0 unspecified atom stereocenters. The molecule has 0 radical (unpaired) electrons. The summed E-state index contributed by atoms with van der Waals surface area (Å²) in [7, 11) is 0. The molecule has 6 nitrogen and oxygen atoms in total. The first-order valence-corrected chi connectivity index (χ1v) is 9.95. The molecular formula is C25H17N5O. The molecular weight excluding hydrogens is 386 g/mol. The van der Waals surface area contributed by atoms with Crippen LogP contribution in [-0.4, -0.2) is 28.1 Å². The smallest absolute Gasteiger partial charge is 0.185 e. The van der Waals surface area contributed by atoms with Gasteiger partial charge in [0.2, 0.25) is 0 Å². The topological polar surface area (TPSA) is 93.7 Å². The molecule has 3 heterocycles. The lowest BCUT2D eigenvalue weighted by Crippen LogP contribution is -2.44. The van der Waals surface area contributed by atoms with E-state index < -0.39 is 23.4 Å². The first-order valence-electron chi connectivity index (χ1n) is 9.95. The number of hydrogen-bond donors (Lipinski definition) is 0. The number of carbonyl (C=O) groups is 1. The Hall–Kier alpha value is -4.29. The van der Waals surface area contributed by atoms with E-state index >= 15 is 0 Å². The molecule has 6 heteroatoms. The van der Waals surface area contributed by atoms with Crippen molar-refractivity contribution in [1.82, 2.24) is 10.2 Å². The van der Waals surface area contributed by atoms with Crippen molar-refractivity contribution in [2.75, 3.05) is 4.90 Å². The first-order chi connectivity index (χ1) is 15.2. The summed E-state index contributed by atoms with van der Waals surface area (Å²) >= 11 is 0. The van der Waals surface area contributed by atoms with Crippen molar-refractivity contribution in [3.63, 3.8) is 0 Å². The lowest BCUT2D eigenvalue weighted by Gasteiger charge is -2.35. The van der Waals surface area contributed by atoms with Gasteiger partial charge in [0.05, 0.1) is 24.4 Å². The maximum Gasteiger partial charge on any atom is 0.185 e. The summed E-state index contributed by atoms with van der Waals surface area (Å²) in [6.45, 7) is 0. The second kappa shape index (κ2) is 7.19. The number of para-hydroxylation sites is 1. The van der Waals surface area contributed by atoms with E-state index in [2.05, 4.69) is 22.3 Å². The standard InChI is InChI=1S/C25H17N5O/c26-15-25(16-27)21-11-10-17-6-4-5-9-20(17)30(21)23(22(25)19-12-13-28-29-14-19)24(31)18-7-2-1-3-8-18/h1-14,21-23H/t21-,22+,23-/m0/s1. The summed E-state index contributed by atoms with van der Waals surface area (Å²) in [6, 6.07) is 21.7. The van der Waals surface area contributed by atoms with Gasteiger partial charge in [0, 0.05) is 23.4 Å². The Bertz CT molecular complexity index is 1240. The minimum atomic E-state index is -1.47. The summed E-state index contributed by atoms with van der Waals surface area (Å²) < 4.78 is 0. The van der Waals surface area contributed by atoms with Crippen LogP contribution in [0.2, 0.25) is 0 Å². The van der Waals surface area contributed by atoms with Crippen molar-refractivity contribution in [3.8, 4) is 12.1 Å². The minimum Gasteiger partial charge on any atom is -0.351 e. The van der Waals surface area contributed by atoms with Crippen LogP contribution in [0.1, 0.15) is 27.4 Å². The zero-order valence-electron chi connectivity index (χ0n) is 16.5. The number of fused-ring (bicyclic) bond motifs is 3. The normalized spacial score (nSPS) is 22.6. The molecule has 3 aromatic rings. The predicted octanol–water partition coefficient (Wildman–Crippen LogP) is 3.76. The number of nitrogens with zero attached hydrogens (tertiary/aromatic N) is 5. The van der Waals surface area contributed by atoms with E-state index in [4.69, 9.17) is 0 Å². The van der Waals surface area contributed by atoms with E-state index in [1.807, 2.05) is 59.5 Å². The fourth-order valence-electron chi connectivity index (χ4n) is 4.87. The minimum absolute atomic E-state index is 0.134. The molecule has 0 spiro atoms. The Labute approximate surface area is 179 Å². The van der Waals surface area contributed by atoms with E-state index in [0.717, 1.165) is 11.3 Å². The molecule has 2 aromatic carbocycles. The Balaban J connectivity index is 1.79. The van der Waals surface area contributed by atoms with Crippen molar-refractivity contribution >= 4 is 17.5 Å². The van der Waals surface area contributed by atoms with E-state index in [1.54, 1.807) is 24.4 Å². The maximum atomic E-state index is 13.9. The van der Waals surface area contributed by atoms with E-state index in [-0.39, 0.29) is 5.78 Å². The van der Waals surface area contributed by atoms with Crippen LogP contribution < -0.4 is 4.90 Å². The Morgan fingerprint density at radius 2 is 1.71 bits per heavy atom. The van der Waals surface area contributed by atoms with Gasteiger partial charge in [0.15, 0.2) is 11.2 Å². The molecule has 148 valence electrons. The zero-order valence-corrected chi connectivity index (χ0v) is 16.5.